The molecule has 2 aromatic carbocycles. The fourth-order valence-corrected chi connectivity index (χ4v) is 1.58. The maximum absolute atomic E-state index is 9.75. The van der Waals surface area contributed by atoms with Crippen LogP contribution in [-0.4, -0.2) is 30.6 Å². The first-order valence-corrected chi connectivity index (χ1v) is 6.25. The molecule has 0 unspecified atom stereocenters. The lowest BCUT2D eigenvalue weighted by Gasteiger charge is -2.09. The van der Waals surface area contributed by atoms with Gasteiger partial charge in [0.05, 0.1) is 6.54 Å². The van der Waals surface area contributed by atoms with Crippen LogP contribution >= 0.6 is 0 Å². The van der Waals surface area contributed by atoms with Crippen LogP contribution in [0.5, 0.6) is 5.75 Å². The van der Waals surface area contributed by atoms with Crippen LogP contribution in [0.15, 0.2) is 65.7 Å². The molecule has 0 heterocycles. The molecule has 0 saturated carbocycles. The lowest BCUT2D eigenvalue weighted by atomic mass is 10.2. The van der Waals surface area contributed by atoms with Crippen molar-refractivity contribution in [2.45, 2.75) is 6.10 Å². The lowest BCUT2D eigenvalue weighted by Crippen LogP contribution is -2.20. The van der Waals surface area contributed by atoms with Crippen LogP contribution in [0.4, 0.5) is 0 Å². The summed E-state index contributed by atoms with van der Waals surface area (Å²) in [7, 11) is 0. The van der Waals surface area contributed by atoms with Crippen molar-refractivity contribution in [1.29, 1.82) is 0 Å². The van der Waals surface area contributed by atoms with Crippen LogP contribution in [0.25, 0.3) is 0 Å². The molecule has 3 heteroatoms. The maximum Gasteiger partial charge on any atom is 0.119 e. The number of hydrogen-bond acceptors (Lipinski definition) is 3. The Bertz CT molecular complexity index is 497. The van der Waals surface area contributed by atoms with Crippen LogP contribution in [-0.2, 0) is 0 Å². The summed E-state index contributed by atoms with van der Waals surface area (Å²) in [5, 5.41) is 9.75. The minimum Gasteiger partial charge on any atom is -0.491 e. The van der Waals surface area contributed by atoms with Gasteiger partial charge in [-0.3, -0.25) is 4.99 Å². The van der Waals surface area contributed by atoms with Crippen molar-refractivity contribution in [3.8, 4) is 5.75 Å². The quantitative estimate of drug-likeness (QED) is 0.806. The normalized spacial score (nSPS) is 12.5. The molecule has 3 nitrogen and oxygen atoms in total. The molecule has 19 heavy (non-hydrogen) atoms. The van der Waals surface area contributed by atoms with E-state index >= 15 is 0 Å². The molecule has 0 aliphatic carbocycles. The van der Waals surface area contributed by atoms with Gasteiger partial charge in [0.1, 0.15) is 18.5 Å². The van der Waals surface area contributed by atoms with E-state index in [0.717, 1.165) is 11.3 Å². The summed E-state index contributed by atoms with van der Waals surface area (Å²) in [6.07, 6.45) is 1.16. The van der Waals surface area contributed by atoms with Crippen molar-refractivity contribution in [3.63, 3.8) is 0 Å². The molecule has 0 fully saturated rings. The van der Waals surface area contributed by atoms with E-state index in [2.05, 4.69) is 4.99 Å². The minimum atomic E-state index is -0.597. The Balaban J connectivity index is 1.73. The van der Waals surface area contributed by atoms with Crippen LogP contribution < -0.4 is 4.74 Å². The third kappa shape index (κ3) is 4.94. The molecule has 98 valence electrons. The molecule has 0 saturated heterocycles. The number of benzene rings is 2. The summed E-state index contributed by atoms with van der Waals surface area (Å²) in [5.74, 6) is 0.758. The zero-order valence-electron chi connectivity index (χ0n) is 10.6. The van der Waals surface area contributed by atoms with E-state index < -0.39 is 6.10 Å². The number of aliphatic hydroxyl groups is 1. The van der Waals surface area contributed by atoms with E-state index in [1.165, 1.54) is 0 Å². The summed E-state index contributed by atoms with van der Waals surface area (Å²) in [5.41, 5.74) is 1.03. The Morgan fingerprint density at radius 3 is 2.32 bits per heavy atom. The second-order valence-electron chi connectivity index (χ2n) is 4.18. The Morgan fingerprint density at radius 2 is 1.63 bits per heavy atom. The number of nitrogens with zero attached hydrogens (tertiary/aromatic N) is 1. The first kappa shape index (κ1) is 13.3. The lowest BCUT2D eigenvalue weighted by molar-refractivity contribution is 0.114. The maximum atomic E-state index is 9.75. The summed E-state index contributed by atoms with van der Waals surface area (Å²) in [4.78, 5) is 4.20. The molecule has 0 aliphatic rings. The predicted octanol–water partition coefficient (Wildman–Crippen LogP) is 2.55. The smallest absolute Gasteiger partial charge is 0.119 e. The van der Waals surface area contributed by atoms with Crippen molar-refractivity contribution in [2.24, 2.45) is 4.99 Å². The molecule has 0 bridgehead atoms. The minimum absolute atomic E-state index is 0.246. The molecular weight excluding hydrogens is 238 g/mol. The van der Waals surface area contributed by atoms with Gasteiger partial charge in [-0.2, -0.15) is 0 Å². The van der Waals surface area contributed by atoms with Gasteiger partial charge in [-0.25, -0.2) is 0 Å². The third-order valence-electron chi connectivity index (χ3n) is 2.54. The van der Waals surface area contributed by atoms with Crippen molar-refractivity contribution in [1.82, 2.24) is 0 Å². The van der Waals surface area contributed by atoms with Crippen LogP contribution in [0, 0.1) is 0 Å². The molecule has 0 aromatic heterocycles. The molecule has 1 atom stereocenters. The van der Waals surface area contributed by atoms with E-state index in [1.54, 1.807) is 6.21 Å². The van der Waals surface area contributed by atoms with Crippen molar-refractivity contribution in [2.75, 3.05) is 13.2 Å². The third-order valence-corrected chi connectivity index (χ3v) is 2.54. The molecule has 2 rings (SSSR count). The van der Waals surface area contributed by atoms with E-state index in [0.29, 0.717) is 6.54 Å². The number of rotatable bonds is 6. The van der Waals surface area contributed by atoms with Crippen LogP contribution in [0.1, 0.15) is 5.56 Å². The SMILES string of the molecule is O[C@@H](C/N=C/c1ccccc1)COc1ccccc1. The summed E-state index contributed by atoms with van der Waals surface area (Å²) in [6.45, 7) is 0.581. The van der Waals surface area contributed by atoms with Gasteiger partial charge in [-0.1, -0.05) is 48.5 Å². The van der Waals surface area contributed by atoms with E-state index in [1.807, 2.05) is 60.7 Å². The average Bonchev–Trinajstić information content (AvgIpc) is 2.47. The van der Waals surface area contributed by atoms with Crippen LogP contribution in [0.2, 0.25) is 0 Å². The van der Waals surface area contributed by atoms with Crippen LogP contribution in [0.3, 0.4) is 0 Å². The summed E-state index contributed by atoms with van der Waals surface area (Å²) < 4.78 is 5.45. The van der Waals surface area contributed by atoms with E-state index in [9.17, 15) is 5.11 Å². The highest BCUT2D eigenvalue weighted by atomic mass is 16.5. The first-order chi connectivity index (χ1) is 9.34. The first-order valence-electron chi connectivity index (χ1n) is 6.25. The Hall–Kier alpha value is -2.13. The highest BCUT2D eigenvalue weighted by Gasteiger charge is 2.03. The predicted molar refractivity (Wildman–Crippen MR) is 76.8 cm³/mol. The van der Waals surface area contributed by atoms with Gasteiger partial charge in [0, 0.05) is 6.21 Å². The molecule has 1 N–H and O–H groups in total. The Morgan fingerprint density at radius 1 is 1.00 bits per heavy atom. The fraction of sp³-hybridized carbons (Fsp3) is 0.188. The van der Waals surface area contributed by atoms with Gasteiger partial charge >= 0.3 is 0 Å². The van der Waals surface area contributed by atoms with E-state index in [-0.39, 0.29) is 6.61 Å². The summed E-state index contributed by atoms with van der Waals surface area (Å²) in [6, 6.07) is 19.2. The van der Waals surface area contributed by atoms with Gasteiger partial charge in [0.15, 0.2) is 0 Å². The molecule has 0 aliphatic heterocycles. The van der Waals surface area contributed by atoms with Crippen molar-refractivity contribution < 1.29 is 9.84 Å². The van der Waals surface area contributed by atoms with Gasteiger partial charge < -0.3 is 9.84 Å². The topological polar surface area (TPSA) is 41.8 Å². The fourth-order valence-electron chi connectivity index (χ4n) is 1.58. The summed E-state index contributed by atoms with van der Waals surface area (Å²) >= 11 is 0. The van der Waals surface area contributed by atoms with Crippen molar-refractivity contribution >= 4 is 6.21 Å². The van der Waals surface area contributed by atoms with Gasteiger partial charge in [-0.15, -0.1) is 0 Å². The number of ether oxygens (including phenoxy) is 1. The molecule has 2 aromatic rings. The molecule has 0 amide bonds. The molecule has 0 spiro atoms. The highest BCUT2D eigenvalue weighted by molar-refractivity contribution is 5.79. The van der Waals surface area contributed by atoms with Gasteiger partial charge in [0.2, 0.25) is 0 Å². The number of aliphatic hydroxyl groups excluding tert-OH is 1. The highest BCUT2D eigenvalue weighted by Crippen LogP contribution is 2.08. The standard InChI is InChI=1S/C16H17NO2/c18-15(13-19-16-9-5-2-6-10-16)12-17-11-14-7-3-1-4-8-14/h1-11,15,18H,12-13H2/b17-11+/t15-/m0/s1. The largest absolute Gasteiger partial charge is 0.491 e. The number of para-hydroxylation sites is 1. The second kappa shape index (κ2) is 7.34. The Labute approximate surface area is 113 Å². The Kier molecular flexibility index (Phi) is 5.14. The average molecular weight is 255 g/mol. The zero-order chi connectivity index (χ0) is 13.3. The zero-order valence-corrected chi connectivity index (χ0v) is 10.6. The van der Waals surface area contributed by atoms with Gasteiger partial charge in [-0.05, 0) is 17.7 Å². The van der Waals surface area contributed by atoms with Gasteiger partial charge in [0.25, 0.3) is 0 Å². The molecule has 0 radical (unpaired) electrons. The van der Waals surface area contributed by atoms with E-state index in [4.69, 9.17) is 4.74 Å². The number of aliphatic imine (C=N–C) groups is 1. The second-order valence-corrected chi connectivity index (χ2v) is 4.18. The molecular formula is C16H17NO2. The number of hydrogen-bond donors (Lipinski definition) is 1. The van der Waals surface area contributed by atoms with Crippen molar-refractivity contribution in [3.05, 3.63) is 66.2 Å². The monoisotopic (exact) mass is 255 g/mol.